The number of aromatic nitrogens is 2. The van der Waals surface area contributed by atoms with Crippen molar-refractivity contribution in [3.63, 3.8) is 0 Å². The number of carbonyl (C=O) groups is 1. The van der Waals surface area contributed by atoms with Crippen LogP contribution in [-0.4, -0.2) is 29.0 Å². The number of benzene rings is 3. The van der Waals surface area contributed by atoms with Gasteiger partial charge in [-0.25, -0.2) is 9.97 Å². The average Bonchev–Trinajstić information content (AvgIpc) is 3.41. The van der Waals surface area contributed by atoms with Gasteiger partial charge in [-0.3, -0.25) is 4.79 Å². The van der Waals surface area contributed by atoms with E-state index in [1.165, 1.54) is 12.8 Å². The minimum atomic E-state index is -0.168. The SMILES string of the molecule is O=C(Nc1ccc(Oc2ccccc2)cc1)c1ccc(-c2cc(N3CCCC3)ncn2)cc1. The summed E-state index contributed by atoms with van der Waals surface area (Å²) >= 11 is 0. The minimum absolute atomic E-state index is 0.168. The molecule has 0 bridgehead atoms. The van der Waals surface area contributed by atoms with Crippen molar-refractivity contribution in [3.05, 3.63) is 96.8 Å². The Kier molecular flexibility index (Phi) is 5.97. The third-order valence-corrected chi connectivity index (χ3v) is 5.62. The van der Waals surface area contributed by atoms with E-state index in [4.69, 9.17) is 4.74 Å². The Hall–Kier alpha value is -4.19. The highest BCUT2D eigenvalue weighted by atomic mass is 16.5. The summed E-state index contributed by atoms with van der Waals surface area (Å²) in [7, 11) is 0. The van der Waals surface area contributed by atoms with Gasteiger partial charge >= 0.3 is 0 Å². The number of rotatable bonds is 6. The molecule has 1 aliphatic heterocycles. The van der Waals surface area contributed by atoms with Crippen molar-refractivity contribution in [2.75, 3.05) is 23.3 Å². The van der Waals surface area contributed by atoms with Gasteiger partial charge in [-0.1, -0.05) is 30.3 Å². The Morgan fingerprint density at radius 1 is 0.818 bits per heavy atom. The van der Waals surface area contributed by atoms with Crippen LogP contribution in [0.2, 0.25) is 0 Å². The zero-order chi connectivity index (χ0) is 22.5. The number of hydrogen-bond acceptors (Lipinski definition) is 5. The van der Waals surface area contributed by atoms with E-state index in [1.807, 2.05) is 84.9 Å². The summed E-state index contributed by atoms with van der Waals surface area (Å²) in [6.07, 6.45) is 4.01. The Labute approximate surface area is 192 Å². The quantitative estimate of drug-likeness (QED) is 0.414. The molecule has 0 saturated carbocycles. The largest absolute Gasteiger partial charge is 0.457 e. The van der Waals surface area contributed by atoms with Gasteiger partial charge in [0.25, 0.3) is 5.91 Å². The van der Waals surface area contributed by atoms with Gasteiger partial charge in [0.05, 0.1) is 5.69 Å². The number of anilines is 2. The third kappa shape index (κ3) is 5.01. The van der Waals surface area contributed by atoms with E-state index < -0.39 is 0 Å². The molecule has 0 aliphatic carbocycles. The number of para-hydroxylation sites is 1. The van der Waals surface area contributed by atoms with E-state index in [9.17, 15) is 4.79 Å². The van der Waals surface area contributed by atoms with Crippen molar-refractivity contribution in [1.29, 1.82) is 0 Å². The second-order valence-corrected chi connectivity index (χ2v) is 7.93. The van der Waals surface area contributed by atoms with E-state index in [0.717, 1.165) is 35.9 Å². The zero-order valence-electron chi connectivity index (χ0n) is 18.1. The van der Waals surface area contributed by atoms with E-state index in [2.05, 4.69) is 20.2 Å². The third-order valence-electron chi connectivity index (χ3n) is 5.62. The van der Waals surface area contributed by atoms with E-state index >= 15 is 0 Å². The Balaban J connectivity index is 1.23. The van der Waals surface area contributed by atoms with Crippen molar-refractivity contribution in [2.45, 2.75) is 12.8 Å². The van der Waals surface area contributed by atoms with Crippen LogP contribution in [-0.2, 0) is 0 Å². The van der Waals surface area contributed by atoms with Gasteiger partial charge in [-0.05, 0) is 61.4 Å². The van der Waals surface area contributed by atoms with Gasteiger partial charge in [-0.2, -0.15) is 0 Å². The fourth-order valence-electron chi connectivity index (χ4n) is 3.85. The molecule has 6 nitrogen and oxygen atoms in total. The number of nitrogens with one attached hydrogen (secondary N) is 1. The van der Waals surface area contributed by atoms with Crippen LogP contribution in [0.3, 0.4) is 0 Å². The summed E-state index contributed by atoms with van der Waals surface area (Å²) in [5.41, 5.74) is 3.09. The van der Waals surface area contributed by atoms with Gasteiger partial charge < -0.3 is 15.0 Å². The van der Waals surface area contributed by atoms with Gasteiger partial charge in [0, 0.05) is 36.0 Å². The summed E-state index contributed by atoms with van der Waals surface area (Å²) in [4.78, 5) is 23.8. The zero-order valence-corrected chi connectivity index (χ0v) is 18.1. The molecule has 1 amide bonds. The Morgan fingerprint density at radius 3 is 2.24 bits per heavy atom. The maximum absolute atomic E-state index is 12.7. The lowest BCUT2D eigenvalue weighted by molar-refractivity contribution is 0.102. The molecule has 1 aromatic heterocycles. The van der Waals surface area contributed by atoms with Crippen LogP contribution in [0.5, 0.6) is 11.5 Å². The summed E-state index contributed by atoms with van der Waals surface area (Å²) in [6.45, 7) is 2.07. The number of nitrogens with zero attached hydrogens (tertiary/aromatic N) is 3. The lowest BCUT2D eigenvalue weighted by Gasteiger charge is -2.16. The van der Waals surface area contributed by atoms with Crippen molar-refractivity contribution < 1.29 is 9.53 Å². The lowest BCUT2D eigenvalue weighted by Crippen LogP contribution is -2.19. The molecule has 2 heterocycles. The van der Waals surface area contributed by atoms with Crippen LogP contribution in [0.4, 0.5) is 11.5 Å². The molecular formula is C27H24N4O2. The van der Waals surface area contributed by atoms with Gasteiger partial charge in [0.2, 0.25) is 0 Å². The highest BCUT2D eigenvalue weighted by Crippen LogP contribution is 2.25. The molecule has 5 rings (SSSR count). The molecular weight excluding hydrogens is 412 g/mol. The predicted molar refractivity (Wildman–Crippen MR) is 130 cm³/mol. The first-order valence-corrected chi connectivity index (χ1v) is 11.1. The predicted octanol–water partition coefficient (Wildman–Crippen LogP) is 5.79. The van der Waals surface area contributed by atoms with Crippen LogP contribution in [0.25, 0.3) is 11.3 Å². The van der Waals surface area contributed by atoms with Gasteiger partial charge in [0.15, 0.2) is 0 Å². The first-order valence-electron chi connectivity index (χ1n) is 11.1. The maximum atomic E-state index is 12.7. The molecule has 1 aliphatic rings. The van der Waals surface area contributed by atoms with E-state index in [1.54, 1.807) is 6.33 Å². The molecule has 1 N–H and O–H groups in total. The van der Waals surface area contributed by atoms with Crippen molar-refractivity contribution in [3.8, 4) is 22.8 Å². The second-order valence-electron chi connectivity index (χ2n) is 7.93. The van der Waals surface area contributed by atoms with E-state index in [0.29, 0.717) is 17.0 Å². The van der Waals surface area contributed by atoms with Crippen LogP contribution in [0.1, 0.15) is 23.2 Å². The highest BCUT2D eigenvalue weighted by Gasteiger charge is 2.15. The number of hydrogen-bond donors (Lipinski definition) is 1. The normalized spacial score (nSPS) is 13.0. The average molecular weight is 437 g/mol. The fourth-order valence-corrected chi connectivity index (χ4v) is 3.85. The first-order chi connectivity index (χ1) is 16.2. The van der Waals surface area contributed by atoms with Crippen molar-refractivity contribution >= 4 is 17.4 Å². The first kappa shape index (κ1) is 20.7. The summed E-state index contributed by atoms with van der Waals surface area (Å²) in [5.74, 6) is 2.27. The van der Waals surface area contributed by atoms with Crippen LogP contribution in [0.15, 0.2) is 91.3 Å². The lowest BCUT2D eigenvalue weighted by atomic mass is 10.1. The summed E-state index contributed by atoms with van der Waals surface area (Å²) in [6, 6.07) is 26.4. The molecule has 0 unspecified atom stereocenters. The molecule has 6 heteroatoms. The molecule has 0 atom stereocenters. The molecule has 3 aromatic carbocycles. The molecule has 164 valence electrons. The van der Waals surface area contributed by atoms with Crippen LogP contribution >= 0.6 is 0 Å². The monoisotopic (exact) mass is 436 g/mol. The van der Waals surface area contributed by atoms with Crippen molar-refractivity contribution in [2.24, 2.45) is 0 Å². The molecule has 4 aromatic rings. The van der Waals surface area contributed by atoms with E-state index in [-0.39, 0.29) is 5.91 Å². The Bertz CT molecular complexity index is 1220. The smallest absolute Gasteiger partial charge is 0.255 e. The highest BCUT2D eigenvalue weighted by molar-refractivity contribution is 6.04. The second kappa shape index (κ2) is 9.53. The molecule has 33 heavy (non-hydrogen) atoms. The molecule has 1 fully saturated rings. The molecule has 1 saturated heterocycles. The standard InChI is InChI=1S/C27H24N4O2/c32-27(30-22-12-14-24(15-13-22)33-23-6-2-1-3-7-23)21-10-8-20(9-11-21)25-18-26(29-19-28-25)31-16-4-5-17-31/h1-3,6-15,18-19H,4-5,16-17H2,(H,30,32). The Morgan fingerprint density at radius 2 is 1.52 bits per heavy atom. The fraction of sp³-hybridized carbons (Fsp3) is 0.148. The number of carbonyl (C=O) groups excluding carboxylic acids is 1. The molecule has 0 radical (unpaired) electrons. The molecule has 0 spiro atoms. The minimum Gasteiger partial charge on any atom is -0.457 e. The number of amides is 1. The van der Waals surface area contributed by atoms with Crippen LogP contribution < -0.4 is 15.0 Å². The summed E-state index contributed by atoms with van der Waals surface area (Å²) in [5, 5.41) is 2.93. The maximum Gasteiger partial charge on any atom is 0.255 e. The van der Waals surface area contributed by atoms with Crippen LogP contribution in [0, 0.1) is 0 Å². The van der Waals surface area contributed by atoms with Gasteiger partial charge in [-0.15, -0.1) is 0 Å². The number of ether oxygens (including phenoxy) is 1. The van der Waals surface area contributed by atoms with Gasteiger partial charge in [0.1, 0.15) is 23.6 Å². The topological polar surface area (TPSA) is 67.3 Å². The summed E-state index contributed by atoms with van der Waals surface area (Å²) < 4.78 is 5.79. The van der Waals surface area contributed by atoms with Crippen molar-refractivity contribution in [1.82, 2.24) is 9.97 Å².